The van der Waals surface area contributed by atoms with Gasteiger partial charge in [-0.15, -0.1) is 5.92 Å². The molecule has 0 amide bonds. The fourth-order valence-corrected chi connectivity index (χ4v) is 0.799. The summed E-state index contributed by atoms with van der Waals surface area (Å²) in [4.78, 5) is 13.5. The molecule has 1 aromatic rings. The molecule has 0 aromatic carbocycles. The topological polar surface area (TPSA) is 82.0 Å². The van der Waals surface area contributed by atoms with Gasteiger partial charge in [0.1, 0.15) is 12.0 Å². The highest BCUT2D eigenvalue weighted by Gasteiger charge is 2.08. The molecular weight excluding hydrogens is 170 g/mol. The summed E-state index contributed by atoms with van der Waals surface area (Å²) in [6, 6.07) is 1.30. The van der Waals surface area contributed by atoms with Crippen LogP contribution in [-0.2, 0) is 0 Å². The molecule has 13 heavy (non-hydrogen) atoms. The summed E-state index contributed by atoms with van der Waals surface area (Å²) < 4.78 is 0. The van der Waals surface area contributed by atoms with Gasteiger partial charge in [0, 0.05) is 6.07 Å². The van der Waals surface area contributed by atoms with Crippen LogP contribution in [0.4, 0.5) is 11.5 Å². The Kier molecular flexibility index (Phi) is 2.45. The molecule has 0 spiro atoms. The normalized spacial score (nSPS) is 8.69. The van der Waals surface area contributed by atoms with E-state index in [1.165, 1.54) is 6.07 Å². The summed E-state index contributed by atoms with van der Waals surface area (Å²) in [5.41, 5.74) is 5.72. The lowest BCUT2D eigenvalue weighted by Gasteiger charge is -1.95. The van der Waals surface area contributed by atoms with Gasteiger partial charge in [0.15, 0.2) is 0 Å². The van der Waals surface area contributed by atoms with Gasteiger partial charge in [0.25, 0.3) is 5.69 Å². The fraction of sp³-hybridized carbons (Fsp3) is 0.125. The van der Waals surface area contributed by atoms with Gasteiger partial charge in [0.2, 0.25) is 0 Å². The predicted molar refractivity (Wildman–Crippen MR) is 47.9 cm³/mol. The number of hydrogen-bond acceptors (Lipinski definition) is 4. The largest absolute Gasteiger partial charge is 0.383 e. The standard InChI is InChI=1S/C8H7N3O2/c1-2-3-6-4-7(11(12)13)5-10-8(6)9/h4-5H,1H3,(H2,9,10). The summed E-state index contributed by atoms with van der Waals surface area (Å²) in [6.07, 6.45) is 1.11. The van der Waals surface area contributed by atoms with Crippen LogP contribution in [0.1, 0.15) is 12.5 Å². The van der Waals surface area contributed by atoms with Crippen molar-refractivity contribution in [2.24, 2.45) is 0 Å². The van der Waals surface area contributed by atoms with Crippen LogP contribution in [0.5, 0.6) is 0 Å². The molecule has 2 N–H and O–H groups in total. The molecule has 0 unspecified atom stereocenters. The van der Waals surface area contributed by atoms with Crippen LogP contribution in [0.25, 0.3) is 0 Å². The molecular formula is C8H7N3O2. The number of nitrogen functional groups attached to an aromatic ring is 1. The smallest absolute Gasteiger partial charge is 0.288 e. The molecule has 1 aromatic heterocycles. The monoisotopic (exact) mass is 177 g/mol. The minimum absolute atomic E-state index is 0.105. The maximum Gasteiger partial charge on any atom is 0.288 e. The van der Waals surface area contributed by atoms with E-state index in [1.54, 1.807) is 6.92 Å². The highest BCUT2D eigenvalue weighted by molar-refractivity contribution is 5.54. The van der Waals surface area contributed by atoms with Crippen LogP contribution < -0.4 is 5.73 Å². The minimum Gasteiger partial charge on any atom is -0.383 e. The van der Waals surface area contributed by atoms with Crippen molar-refractivity contribution >= 4 is 11.5 Å². The molecule has 5 nitrogen and oxygen atoms in total. The number of nitro groups is 1. The Morgan fingerprint density at radius 2 is 2.38 bits per heavy atom. The SMILES string of the molecule is CC#Cc1cc([N+](=O)[O-])cnc1N. The fourth-order valence-electron chi connectivity index (χ4n) is 0.799. The first-order valence-corrected chi connectivity index (χ1v) is 3.48. The molecule has 1 heterocycles. The Morgan fingerprint density at radius 1 is 1.69 bits per heavy atom. The van der Waals surface area contributed by atoms with E-state index in [9.17, 15) is 10.1 Å². The second-order valence-electron chi connectivity index (χ2n) is 2.26. The molecule has 0 atom stereocenters. The van der Waals surface area contributed by atoms with Crippen LogP contribution in [0.3, 0.4) is 0 Å². The number of aromatic nitrogens is 1. The highest BCUT2D eigenvalue weighted by Crippen LogP contribution is 2.15. The van der Waals surface area contributed by atoms with Gasteiger partial charge in [-0.05, 0) is 6.92 Å². The predicted octanol–water partition coefficient (Wildman–Crippen LogP) is 0.943. The van der Waals surface area contributed by atoms with Crippen molar-refractivity contribution in [2.45, 2.75) is 6.92 Å². The van der Waals surface area contributed by atoms with Crippen LogP contribution >= 0.6 is 0 Å². The van der Waals surface area contributed by atoms with Gasteiger partial charge in [-0.25, -0.2) is 4.98 Å². The Balaban J connectivity index is 3.24. The number of nitrogens with zero attached hydrogens (tertiary/aromatic N) is 2. The van der Waals surface area contributed by atoms with Crippen LogP contribution in [0.15, 0.2) is 12.3 Å². The molecule has 0 aliphatic heterocycles. The third-order valence-electron chi connectivity index (χ3n) is 1.37. The zero-order valence-corrected chi connectivity index (χ0v) is 6.94. The summed E-state index contributed by atoms with van der Waals surface area (Å²) >= 11 is 0. The summed E-state index contributed by atoms with van der Waals surface area (Å²) in [6.45, 7) is 1.62. The summed E-state index contributed by atoms with van der Waals surface area (Å²) in [7, 11) is 0. The van der Waals surface area contributed by atoms with E-state index in [-0.39, 0.29) is 11.5 Å². The van der Waals surface area contributed by atoms with E-state index in [4.69, 9.17) is 5.73 Å². The van der Waals surface area contributed by atoms with Gasteiger partial charge in [-0.2, -0.15) is 0 Å². The molecule has 0 aliphatic rings. The maximum absolute atomic E-state index is 10.3. The maximum atomic E-state index is 10.3. The van der Waals surface area contributed by atoms with E-state index in [1.807, 2.05) is 0 Å². The first-order valence-electron chi connectivity index (χ1n) is 3.48. The van der Waals surface area contributed by atoms with E-state index in [0.29, 0.717) is 5.56 Å². The zero-order valence-electron chi connectivity index (χ0n) is 6.94. The van der Waals surface area contributed by atoms with Crippen molar-refractivity contribution in [3.63, 3.8) is 0 Å². The van der Waals surface area contributed by atoms with E-state index in [0.717, 1.165) is 6.20 Å². The third kappa shape index (κ3) is 1.93. The second kappa shape index (κ2) is 3.54. The van der Waals surface area contributed by atoms with Crippen molar-refractivity contribution in [1.82, 2.24) is 4.98 Å². The second-order valence-corrected chi connectivity index (χ2v) is 2.26. The summed E-state index contributed by atoms with van der Waals surface area (Å²) in [5.74, 6) is 5.44. The molecule has 0 saturated heterocycles. The molecule has 5 heteroatoms. The molecule has 0 fully saturated rings. The molecule has 1 rings (SSSR count). The van der Waals surface area contributed by atoms with Crippen LogP contribution in [0.2, 0.25) is 0 Å². The van der Waals surface area contributed by atoms with Gasteiger partial charge in [-0.3, -0.25) is 10.1 Å². The number of nitrogens with two attached hydrogens (primary N) is 1. The van der Waals surface area contributed by atoms with E-state index >= 15 is 0 Å². The average Bonchev–Trinajstić information content (AvgIpc) is 2.08. The van der Waals surface area contributed by atoms with Gasteiger partial charge < -0.3 is 5.73 Å². The van der Waals surface area contributed by atoms with Gasteiger partial charge in [-0.1, -0.05) is 5.92 Å². The number of pyridine rings is 1. The Bertz CT molecular complexity index is 404. The van der Waals surface area contributed by atoms with Crippen LogP contribution in [-0.4, -0.2) is 9.91 Å². The van der Waals surface area contributed by atoms with E-state index < -0.39 is 4.92 Å². The quantitative estimate of drug-likeness (QED) is 0.393. The lowest BCUT2D eigenvalue weighted by atomic mass is 10.2. The first kappa shape index (κ1) is 9.00. The van der Waals surface area contributed by atoms with Crippen molar-refractivity contribution in [1.29, 1.82) is 0 Å². The molecule has 66 valence electrons. The first-order chi connectivity index (χ1) is 6.15. The zero-order chi connectivity index (χ0) is 9.84. The van der Waals surface area contributed by atoms with Gasteiger partial charge in [0.05, 0.1) is 10.5 Å². The van der Waals surface area contributed by atoms with Crippen LogP contribution in [0, 0.1) is 22.0 Å². The Hall–Kier alpha value is -2.09. The lowest BCUT2D eigenvalue weighted by Crippen LogP contribution is -1.97. The minimum atomic E-state index is -0.534. The molecule has 0 radical (unpaired) electrons. The van der Waals surface area contributed by atoms with Crippen molar-refractivity contribution in [2.75, 3.05) is 5.73 Å². The molecule has 0 aliphatic carbocycles. The summed E-state index contributed by atoms with van der Waals surface area (Å²) in [5, 5.41) is 10.3. The Morgan fingerprint density at radius 3 is 2.92 bits per heavy atom. The number of anilines is 1. The molecule has 0 saturated carbocycles. The van der Waals surface area contributed by atoms with E-state index in [2.05, 4.69) is 16.8 Å². The number of rotatable bonds is 1. The van der Waals surface area contributed by atoms with Crippen molar-refractivity contribution in [3.8, 4) is 11.8 Å². The van der Waals surface area contributed by atoms with Crippen molar-refractivity contribution in [3.05, 3.63) is 27.9 Å². The average molecular weight is 177 g/mol. The highest BCUT2D eigenvalue weighted by atomic mass is 16.6. The lowest BCUT2D eigenvalue weighted by molar-refractivity contribution is -0.385. The Labute approximate surface area is 74.7 Å². The van der Waals surface area contributed by atoms with Crippen molar-refractivity contribution < 1.29 is 4.92 Å². The van der Waals surface area contributed by atoms with Gasteiger partial charge >= 0.3 is 0 Å². The number of hydrogen-bond donors (Lipinski definition) is 1. The third-order valence-corrected chi connectivity index (χ3v) is 1.37. The molecule has 0 bridgehead atoms.